The van der Waals surface area contributed by atoms with Gasteiger partial charge in [0.25, 0.3) is 0 Å². The molecule has 0 aromatic carbocycles. The molecule has 0 bridgehead atoms. The lowest BCUT2D eigenvalue weighted by Gasteiger charge is -2.27. The van der Waals surface area contributed by atoms with Gasteiger partial charge >= 0.3 is 0 Å². The number of nitrogens with one attached hydrogen (secondary N) is 1. The van der Waals surface area contributed by atoms with E-state index in [1.807, 2.05) is 0 Å². The van der Waals surface area contributed by atoms with Gasteiger partial charge < -0.3 is 20.3 Å². The van der Waals surface area contributed by atoms with Crippen LogP contribution in [0.15, 0.2) is 0 Å². The highest BCUT2D eigenvalue weighted by Crippen LogP contribution is 2.25. The van der Waals surface area contributed by atoms with Gasteiger partial charge in [-0.1, -0.05) is 19.8 Å². The first-order valence-corrected chi connectivity index (χ1v) is 7.26. The van der Waals surface area contributed by atoms with Crippen molar-refractivity contribution >= 4 is 0 Å². The quantitative estimate of drug-likeness (QED) is 0.575. The van der Waals surface area contributed by atoms with E-state index in [9.17, 15) is 5.11 Å². The van der Waals surface area contributed by atoms with Crippen molar-refractivity contribution in [1.29, 1.82) is 0 Å². The Morgan fingerprint density at radius 1 is 1.33 bits per heavy atom. The fraction of sp³-hybridized carbons (Fsp3) is 1.00. The third-order valence-corrected chi connectivity index (χ3v) is 3.53. The molecule has 4 unspecified atom stereocenters. The topological polar surface area (TPSA) is 61.7 Å². The summed E-state index contributed by atoms with van der Waals surface area (Å²) in [5.74, 6) is 0.755. The van der Waals surface area contributed by atoms with Crippen LogP contribution < -0.4 is 5.32 Å². The van der Waals surface area contributed by atoms with Crippen molar-refractivity contribution in [2.45, 2.75) is 64.3 Å². The van der Waals surface area contributed by atoms with E-state index in [-0.39, 0.29) is 6.10 Å². The Hall–Kier alpha value is -0.160. The molecule has 1 aliphatic rings. The van der Waals surface area contributed by atoms with E-state index < -0.39 is 6.10 Å². The molecule has 108 valence electrons. The Bertz CT molecular complexity index is 211. The fourth-order valence-corrected chi connectivity index (χ4v) is 2.42. The van der Waals surface area contributed by atoms with Gasteiger partial charge in [-0.25, -0.2) is 0 Å². The predicted molar refractivity (Wildman–Crippen MR) is 72.5 cm³/mol. The molecule has 0 radical (unpaired) electrons. The van der Waals surface area contributed by atoms with E-state index in [1.165, 1.54) is 12.8 Å². The van der Waals surface area contributed by atoms with E-state index in [2.05, 4.69) is 12.2 Å². The van der Waals surface area contributed by atoms with Crippen LogP contribution >= 0.6 is 0 Å². The van der Waals surface area contributed by atoms with Crippen LogP contribution in [0, 0.1) is 5.92 Å². The molecule has 18 heavy (non-hydrogen) atoms. The van der Waals surface area contributed by atoms with Gasteiger partial charge in [0.1, 0.15) is 0 Å². The minimum Gasteiger partial charge on any atom is -0.393 e. The monoisotopic (exact) mass is 259 g/mol. The SMILES string of the molecule is CC(O)CCNCC(O)COC1CCCC(C)C1. The van der Waals surface area contributed by atoms with Crippen molar-refractivity contribution in [2.75, 3.05) is 19.7 Å². The van der Waals surface area contributed by atoms with E-state index in [4.69, 9.17) is 9.84 Å². The molecule has 1 saturated carbocycles. The van der Waals surface area contributed by atoms with Crippen molar-refractivity contribution in [3.8, 4) is 0 Å². The number of rotatable bonds is 8. The summed E-state index contributed by atoms with van der Waals surface area (Å²) in [4.78, 5) is 0. The molecule has 0 saturated heterocycles. The molecule has 0 amide bonds. The van der Waals surface area contributed by atoms with Crippen molar-refractivity contribution in [3.05, 3.63) is 0 Å². The van der Waals surface area contributed by atoms with Crippen molar-refractivity contribution in [2.24, 2.45) is 5.92 Å². The van der Waals surface area contributed by atoms with E-state index in [1.54, 1.807) is 6.92 Å². The molecule has 1 aliphatic carbocycles. The van der Waals surface area contributed by atoms with E-state index in [0.717, 1.165) is 25.3 Å². The van der Waals surface area contributed by atoms with Gasteiger partial charge in [0, 0.05) is 6.54 Å². The minimum atomic E-state index is -0.448. The molecule has 3 N–H and O–H groups in total. The lowest BCUT2D eigenvalue weighted by atomic mass is 9.89. The van der Waals surface area contributed by atoms with Crippen molar-refractivity contribution in [3.63, 3.8) is 0 Å². The molecule has 1 fully saturated rings. The van der Waals surface area contributed by atoms with Crippen LogP contribution in [0.5, 0.6) is 0 Å². The zero-order valence-corrected chi connectivity index (χ0v) is 11.8. The summed E-state index contributed by atoms with van der Waals surface area (Å²) in [5, 5.41) is 22.0. The predicted octanol–water partition coefficient (Wildman–Crippen LogP) is 1.30. The van der Waals surface area contributed by atoms with Crippen molar-refractivity contribution < 1.29 is 14.9 Å². The van der Waals surface area contributed by atoms with Crippen molar-refractivity contribution in [1.82, 2.24) is 5.32 Å². The van der Waals surface area contributed by atoms with Gasteiger partial charge in [-0.05, 0) is 38.6 Å². The molecule has 0 spiro atoms. The smallest absolute Gasteiger partial charge is 0.0897 e. The van der Waals surface area contributed by atoms with Gasteiger partial charge in [0.15, 0.2) is 0 Å². The van der Waals surface area contributed by atoms with Crippen LogP contribution in [0.3, 0.4) is 0 Å². The molecule has 4 atom stereocenters. The van der Waals surface area contributed by atoms with E-state index >= 15 is 0 Å². The molecule has 0 aromatic rings. The third-order valence-electron chi connectivity index (χ3n) is 3.53. The lowest BCUT2D eigenvalue weighted by molar-refractivity contribution is -0.0306. The Balaban J connectivity index is 2.00. The maximum atomic E-state index is 9.76. The highest BCUT2D eigenvalue weighted by Gasteiger charge is 2.20. The summed E-state index contributed by atoms with van der Waals surface area (Å²) in [7, 11) is 0. The first-order chi connectivity index (χ1) is 8.58. The van der Waals surface area contributed by atoms with Gasteiger partial charge in [-0.3, -0.25) is 0 Å². The van der Waals surface area contributed by atoms with Crippen LogP contribution in [0.4, 0.5) is 0 Å². The molecule has 0 aromatic heterocycles. The average Bonchev–Trinajstić information content (AvgIpc) is 2.32. The molecule has 4 nitrogen and oxygen atoms in total. The van der Waals surface area contributed by atoms with Gasteiger partial charge in [0.2, 0.25) is 0 Å². The number of aliphatic hydroxyl groups is 2. The zero-order valence-electron chi connectivity index (χ0n) is 11.8. The van der Waals surface area contributed by atoms with Crippen LogP contribution in [0.1, 0.15) is 46.0 Å². The Kier molecular flexibility index (Phi) is 7.82. The maximum Gasteiger partial charge on any atom is 0.0897 e. The second-order valence-electron chi connectivity index (χ2n) is 5.72. The molecule has 4 heteroatoms. The Morgan fingerprint density at radius 2 is 2.11 bits per heavy atom. The summed E-state index contributed by atoms with van der Waals surface area (Å²) < 4.78 is 5.75. The first kappa shape index (κ1) is 15.9. The number of ether oxygens (including phenoxy) is 1. The average molecular weight is 259 g/mol. The second-order valence-corrected chi connectivity index (χ2v) is 5.72. The third kappa shape index (κ3) is 7.31. The number of aliphatic hydroxyl groups excluding tert-OH is 2. The molecular weight excluding hydrogens is 230 g/mol. The summed E-state index contributed by atoms with van der Waals surface area (Å²) in [5.41, 5.74) is 0. The Morgan fingerprint density at radius 3 is 2.78 bits per heavy atom. The zero-order chi connectivity index (χ0) is 13.4. The van der Waals surface area contributed by atoms with Gasteiger partial charge in [0.05, 0.1) is 24.9 Å². The first-order valence-electron chi connectivity index (χ1n) is 7.26. The second kappa shape index (κ2) is 8.86. The summed E-state index contributed by atoms with van der Waals surface area (Å²) >= 11 is 0. The van der Waals surface area contributed by atoms with Gasteiger partial charge in [-0.15, -0.1) is 0 Å². The number of hydrogen-bond donors (Lipinski definition) is 3. The summed E-state index contributed by atoms with van der Waals surface area (Å²) in [6.45, 7) is 5.72. The molecule has 0 heterocycles. The summed E-state index contributed by atoms with van der Waals surface area (Å²) in [6.07, 6.45) is 5.13. The van der Waals surface area contributed by atoms with Crippen LogP contribution in [-0.4, -0.2) is 48.2 Å². The Labute approximate surface area is 111 Å². The highest BCUT2D eigenvalue weighted by molar-refractivity contribution is 4.71. The van der Waals surface area contributed by atoms with Gasteiger partial charge in [-0.2, -0.15) is 0 Å². The van der Waals surface area contributed by atoms with Crippen LogP contribution in [0.2, 0.25) is 0 Å². The molecular formula is C14H29NO3. The largest absolute Gasteiger partial charge is 0.393 e. The normalized spacial score (nSPS) is 28.0. The molecule has 1 rings (SSSR count). The standard InChI is InChI=1S/C14H29NO3/c1-11-4-3-5-14(8-11)18-10-13(17)9-15-7-6-12(2)16/h11-17H,3-10H2,1-2H3. The highest BCUT2D eigenvalue weighted by atomic mass is 16.5. The lowest BCUT2D eigenvalue weighted by Crippen LogP contribution is -2.34. The molecule has 0 aliphatic heterocycles. The maximum absolute atomic E-state index is 9.76. The van der Waals surface area contributed by atoms with Crippen LogP contribution in [0.25, 0.3) is 0 Å². The minimum absolute atomic E-state index is 0.283. The fourth-order valence-electron chi connectivity index (χ4n) is 2.42. The van der Waals surface area contributed by atoms with E-state index in [0.29, 0.717) is 25.7 Å². The summed E-state index contributed by atoms with van der Waals surface area (Å²) in [6, 6.07) is 0. The number of hydrogen-bond acceptors (Lipinski definition) is 4. The van der Waals surface area contributed by atoms with Crippen LogP contribution in [-0.2, 0) is 4.74 Å².